The fourth-order valence-corrected chi connectivity index (χ4v) is 2.19. The molecule has 0 fully saturated rings. The van der Waals surface area contributed by atoms with Crippen LogP contribution < -0.4 is 9.44 Å². The van der Waals surface area contributed by atoms with Crippen molar-refractivity contribution in [3.05, 3.63) is 0 Å². The summed E-state index contributed by atoms with van der Waals surface area (Å²) < 4.78 is 27.6. The lowest BCUT2D eigenvalue weighted by atomic mass is 9.97. The van der Waals surface area contributed by atoms with Crippen molar-refractivity contribution in [1.82, 2.24) is 9.44 Å². The van der Waals surface area contributed by atoms with Crippen LogP contribution in [0.3, 0.4) is 0 Å². The van der Waals surface area contributed by atoms with Crippen LogP contribution in [0.5, 0.6) is 0 Å². The van der Waals surface area contributed by atoms with Gasteiger partial charge in [0.1, 0.15) is 0 Å². The molecule has 102 valence electrons. The van der Waals surface area contributed by atoms with Crippen LogP contribution in [0, 0.1) is 17.8 Å². The summed E-state index contributed by atoms with van der Waals surface area (Å²) in [6, 6.07) is 0. The summed E-state index contributed by atoms with van der Waals surface area (Å²) in [7, 11) is -3.60. The van der Waals surface area contributed by atoms with Crippen molar-refractivity contribution in [3.63, 3.8) is 0 Å². The fraction of sp³-hybridized carbons (Fsp3) is 0.900. The molecule has 6 nitrogen and oxygen atoms in total. The molecule has 0 aliphatic rings. The Hall–Kier alpha value is -0.660. The van der Waals surface area contributed by atoms with Crippen molar-refractivity contribution < 1.29 is 18.3 Å². The second-order valence-electron chi connectivity index (χ2n) is 4.78. The van der Waals surface area contributed by atoms with E-state index in [4.69, 9.17) is 5.11 Å². The van der Waals surface area contributed by atoms with Crippen molar-refractivity contribution in [2.75, 3.05) is 13.1 Å². The van der Waals surface area contributed by atoms with Gasteiger partial charge in [-0.2, -0.15) is 8.42 Å². The van der Waals surface area contributed by atoms with Gasteiger partial charge in [0.25, 0.3) is 10.2 Å². The van der Waals surface area contributed by atoms with Crippen molar-refractivity contribution in [3.8, 4) is 0 Å². The van der Waals surface area contributed by atoms with E-state index in [-0.39, 0.29) is 18.4 Å². The highest BCUT2D eigenvalue weighted by Gasteiger charge is 2.23. The second kappa shape index (κ2) is 6.93. The van der Waals surface area contributed by atoms with Crippen LogP contribution in [-0.2, 0) is 15.0 Å². The SMILES string of the molecule is CC(C)CNS(=O)(=O)NCC(C(=O)O)C(C)C. The van der Waals surface area contributed by atoms with E-state index in [0.29, 0.717) is 6.54 Å². The number of hydrogen-bond acceptors (Lipinski definition) is 3. The number of hydrogen-bond donors (Lipinski definition) is 3. The lowest BCUT2D eigenvalue weighted by Gasteiger charge is -2.17. The van der Waals surface area contributed by atoms with Crippen LogP contribution in [0.4, 0.5) is 0 Å². The van der Waals surface area contributed by atoms with Crippen LogP contribution in [0.15, 0.2) is 0 Å². The zero-order valence-electron chi connectivity index (χ0n) is 10.7. The van der Waals surface area contributed by atoms with Gasteiger partial charge in [0.05, 0.1) is 5.92 Å². The minimum atomic E-state index is -3.60. The molecule has 1 atom stereocenters. The fourth-order valence-electron chi connectivity index (χ4n) is 1.14. The zero-order valence-corrected chi connectivity index (χ0v) is 11.5. The molecule has 0 saturated heterocycles. The van der Waals surface area contributed by atoms with Gasteiger partial charge in [-0.3, -0.25) is 4.79 Å². The highest BCUT2D eigenvalue weighted by atomic mass is 32.2. The van der Waals surface area contributed by atoms with E-state index in [1.54, 1.807) is 13.8 Å². The molecule has 0 aliphatic carbocycles. The lowest BCUT2D eigenvalue weighted by Crippen LogP contribution is -2.42. The number of rotatable bonds is 8. The van der Waals surface area contributed by atoms with Gasteiger partial charge in [0.15, 0.2) is 0 Å². The molecule has 0 radical (unpaired) electrons. The van der Waals surface area contributed by atoms with E-state index in [0.717, 1.165) is 0 Å². The van der Waals surface area contributed by atoms with Gasteiger partial charge in [-0.1, -0.05) is 27.7 Å². The van der Waals surface area contributed by atoms with E-state index in [9.17, 15) is 13.2 Å². The van der Waals surface area contributed by atoms with E-state index in [1.165, 1.54) is 0 Å². The Balaban J connectivity index is 4.29. The van der Waals surface area contributed by atoms with Gasteiger partial charge in [-0.15, -0.1) is 0 Å². The predicted octanol–water partition coefficient (Wildman–Crippen LogP) is 0.423. The predicted molar refractivity (Wildman–Crippen MR) is 65.7 cm³/mol. The highest BCUT2D eigenvalue weighted by Crippen LogP contribution is 2.09. The van der Waals surface area contributed by atoms with Gasteiger partial charge in [-0.25, -0.2) is 9.44 Å². The number of nitrogens with one attached hydrogen (secondary N) is 2. The minimum absolute atomic E-state index is 0.0968. The smallest absolute Gasteiger partial charge is 0.308 e. The van der Waals surface area contributed by atoms with E-state index in [2.05, 4.69) is 9.44 Å². The third-order valence-corrected chi connectivity index (χ3v) is 3.39. The third-order valence-electron chi connectivity index (χ3n) is 2.30. The molecule has 0 heterocycles. The number of carboxylic acid groups (broad SMARTS) is 1. The maximum Gasteiger partial charge on any atom is 0.308 e. The summed E-state index contributed by atoms with van der Waals surface area (Å²) in [5.74, 6) is -1.63. The molecule has 3 N–H and O–H groups in total. The molecule has 0 saturated carbocycles. The molecular formula is C10H22N2O4S. The standard InChI is InChI=1S/C10H22N2O4S/c1-7(2)5-11-17(15,16)12-6-9(8(3)4)10(13)14/h7-9,11-12H,5-6H2,1-4H3,(H,13,14). The Morgan fingerprint density at radius 2 is 1.59 bits per heavy atom. The highest BCUT2D eigenvalue weighted by molar-refractivity contribution is 7.87. The van der Waals surface area contributed by atoms with Gasteiger partial charge in [0.2, 0.25) is 0 Å². The van der Waals surface area contributed by atoms with E-state index < -0.39 is 22.1 Å². The Morgan fingerprint density at radius 1 is 1.12 bits per heavy atom. The molecule has 0 rings (SSSR count). The van der Waals surface area contributed by atoms with Crippen LogP contribution in [0.2, 0.25) is 0 Å². The van der Waals surface area contributed by atoms with Crippen LogP contribution in [0.25, 0.3) is 0 Å². The maximum atomic E-state index is 11.5. The first-order valence-corrected chi connectivity index (χ1v) is 7.11. The van der Waals surface area contributed by atoms with Crippen LogP contribution in [0.1, 0.15) is 27.7 Å². The van der Waals surface area contributed by atoms with E-state index in [1.807, 2.05) is 13.8 Å². The normalized spacial score (nSPS) is 14.2. The zero-order chi connectivity index (χ0) is 13.6. The largest absolute Gasteiger partial charge is 0.481 e. The van der Waals surface area contributed by atoms with Crippen LogP contribution in [-0.4, -0.2) is 32.6 Å². The Bertz CT molecular complexity index is 338. The molecule has 0 amide bonds. The third kappa shape index (κ3) is 7.30. The summed E-state index contributed by atoms with van der Waals surface area (Å²) in [6.45, 7) is 7.49. The first-order chi connectivity index (χ1) is 7.65. The average Bonchev–Trinajstić information content (AvgIpc) is 2.13. The molecule has 17 heavy (non-hydrogen) atoms. The monoisotopic (exact) mass is 266 g/mol. The summed E-state index contributed by atoms with van der Waals surface area (Å²) in [5.41, 5.74) is 0. The van der Waals surface area contributed by atoms with Gasteiger partial charge < -0.3 is 5.11 Å². The van der Waals surface area contributed by atoms with Gasteiger partial charge in [-0.05, 0) is 11.8 Å². The summed E-state index contributed by atoms with van der Waals surface area (Å²) in [5, 5.41) is 8.90. The molecule has 0 bridgehead atoms. The van der Waals surface area contributed by atoms with Crippen molar-refractivity contribution in [2.24, 2.45) is 17.8 Å². The molecule has 1 unspecified atom stereocenters. The van der Waals surface area contributed by atoms with Crippen molar-refractivity contribution >= 4 is 16.2 Å². The second-order valence-corrected chi connectivity index (χ2v) is 6.37. The molecule has 0 aromatic heterocycles. The Labute approximate surface area is 103 Å². The Kier molecular flexibility index (Phi) is 6.66. The number of aliphatic carboxylic acids is 1. The molecule has 0 spiro atoms. The topological polar surface area (TPSA) is 95.5 Å². The lowest BCUT2D eigenvalue weighted by molar-refractivity contribution is -0.142. The quantitative estimate of drug-likeness (QED) is 0.593. The maximum absolute atomic E-state index is 11.5. The average molecular weight is 266 g/mol. The number of carbonyl (C=O) groups is 1. The summed E-state index contributed by atoms with van der Waals surface area (Å²) >= 11 is 0. The van der Waals surface area contributed by atoms with E-state index >= 15 is 0 Å². The molecule has 0 aliphatic heterocycles. The molecule has 0 aromatic carbocycles. The summed E-state index contributed by atoms with van der Waals surface area (Å²) in [6.07, 6.45) is 0. The first-order valence-electron chi connectivity index (χ1n) is 5.62. The van der Waals surface area contributed by atoms with Crippen molar-refractivity contribution in [1.29, 1.82) is 0 Å². The Morgan fingerprint density at radius 3 is 1.94 bits per heavy atom. The van der Waals surface area contributed by atoms with Gasteiger partial charge >= 0.3 is 5.97 Å². The molecule has 0 aromatic rings. The van der Waals surface area contributed by atoms with Crippen molar-refractivity contribution in [2.45, 2.75) is 27.7 Å². The minimum Gasteiger partial charge on any atom is -0.481 e. The molecular weight excluding hydrogens is 244 g/mol. The van der Waals surface area contributed by atoms with Gasteiger partial charge in [0, 0.05) is 13.1 Å². The molecule has 7 heteroatoms. The first kappa shape index (κ1) is 16.3. The number of carboxylic acids is 1. The summed E-state index contributed by atoms with van der Waals surface area (Å²) in [4.78, 5) is 10.9. The van der Waals surface area contributed by atoms with Crippen LogP contribution >= 0.6 is 0 Å².